The molecule has 0 unspecified atom stereocenters. The van der Waals surface area contributed by atoms with Gasteiger partial charge in [0, 0.05) is 26.7 Å². The van der Waals surface area contributed by atoms with Crippen LogP contribution in [-0.4, -0.2) is 71.8 Å². The van der Waals surface area contributed by atoms with Gasteiger partial charge in [-0.25, -0.2) is 13.1 Å². The Hall–Kier alpha value is -0.130. The minimum atomic E-state index is -3.09. The first kappa shape index (κ1) is 23.9. The third-order valence-electron chi connectivity index (χ3n) is 4.05. The van der Waals surface area contributed by atoms with Gasteiger partial charge in [-0.1, -0.05) is 6.92 Å². The second-order valence-electron chi connectivity index (χ2n) is 6.32. The zero-order chi connectivity index (χ0) is 17.1. The third-order valence-corrected chi connectivity index (χ3v) is 4.78. The molecular weight excluding hydrogens is 441 g/mol. The first-order chi connectivity index (χ1) is 10.9. The number of rotatable bonds is 9. The number of halogens is 1. The summed E-state index contributed by atoms with van der Waals surface area (Å²) >= 11 is 0. The molecule has 0 bridgehead atoms. The summed E-state index contributed by atoms with van der Waals surface area (Å²) in [5.41, 5.74) is 0. The van der Waals surface area contributed by atoms with E-state index in [1.807, 2.05) is 0 Å². The molecule has 1 fully saturated rings. The molecule has 0 aromatic rings. The highest BCUT2D eigenvalue weighted by Gasteiger charge is 2.14. The van der Waals surface area contributed by atoms with Gasteiger partial charge in [-0.2, -0.15) is 0 Å². The fourth-order valence-corrected chi connectivity index (χ4v) is 3.08. The van der Waals surface area contributed by atoms with Crippen LogP contribution < -0.4 is 15.4 Å². The van der Waals surface area contributed by atoms with Crippen LogP contribution >= 0.6 is 24.0 Å². The standard InChI is InChI=1S/C15H33N5O2S.HI/c1-14-6-12-20(13-7-14)11-5-9-18-15(16-2)17-8-4-10-19-23(3,21)22;/h14,19H,4-13H2,1-3H3,(H2,16,17,18);1H. The molecule has 0 atom stereocenters. The Kier molecular flexibility index (Phi) is 13.1. The van der Waals surface area contributed by atoms with Crippen LogP contribution in [0.4, 0.5) is 0 Å². The molecule has 0 saturated carbocycles. The Bertz CT molecular complexity index is 451. The van der Waals surface area contributed by atoms with E-state index in [1.54, 1.807) is 7.05 Å². The summed E-state index contributed by atoms with van der Waals surface area (Å²) in [6.45, 7) is 7.94. The minimum Gasteiger partial charge on any atom is -0.356 e. The van der Waals surface area contributed by atoms with Gasteiger partial charge in [-0.05, 0) is 51.2 Å². The molecular formula is C15H34IN5O2S. The van der Waals surface area contributed by atoms with Crippen molar-refractivity contribution in [2.24, 2.45) is 10.9 Å². The highest BCUT2D eigenvalue weighted by atomic mass is 127. The number of nitrogens with one attached hydrogen (secondary N) is 3. The van der Waals surface area contributed by atoms with Gasteiger partial charge in [-0.3, -0.25) is 4.99 Å². The van der Waals surface area contributed by atoms with E-state index in [4.69, 9.17) is 0 Å². The minimum absolute atomic E-state index is 0. The number of hydrogen-bond donors (Lipinski definition) is 3. The van der Waals surface area contributed by atoms with Gasteiger partial charge >= 0.3 is 0 Å². The first-order valence-electron chi connectivity index (χ1n) is 8.52. The molecule has 1 aliphatic heterocycles. The van der Waals surface area contributed by atoms with Gasteiger partial charge in [-0.15, -0.1) is 24.0 Å². The number of piperidine rings is 1. The van der Waals surface area contributed by atoms with Crippen LogP contribution in [0.15, 0.2) is 4.99 Å². The number of likely N-dealkylation sites (tertiary alicyclic amines) is 1. The molecule has 0 spiro atoms. The van der Waals surface area contributed by atoms with Crippen molar-refractivity contribution in [2.45, 2.75) is 32.6 Å². The van der Waals surface area contributed by atoms with Crippen LogP contribution in [0.25, 0.3) is 0 Å². The van der Waals surface area contributed by atoms with E-state index < -0.39 is 10.0 Å². The maximum atomic E-state index is 10.9. The second kappa shape index (κ2) is 13.1. The predicted octanol–water partition coefficient (Wildman–Crippen LogP) is 0.831. The van der Waals surface area contributed by atoms with Gasteiger partial charge in [0.1, 0.15) is 0 Å². The quantitative estimate of drug-likeness (QED) is 0.199. The van der Waals surface area contributed by atoms with Crippen molar-refractivity contribution >= 4 is 40.0 Å². The zero-order valence-electron chi connectivity index (χ0n) is 15.2. The molecule has 0 radical (unpaired) electrons. The summed E-state index contributed by atoms with van der Waals surface area (Å²) in [5, 5.41) is 6.49. The molecule has 0 aromatic heterocycles. The molecule has 1 rings (SSSR count). The van der Waals surface area contributed by atoms with E-state index in [9.17, 15) is 8.42 Å². The molecule has 1 heterocycles. The Morgan fingerprint density at radius 3 is 2.25 bits per heavy atom. The largest absolute Gasteiger partial charge is 0.356 e. The molecule has 1 aliphatic rings. The zero-order valence-corrected chi connectivity index (χ0v) is 18.3. The van der Waals surface area contributed by atoms with Crippen molar-refractivity contribution in [1.29, 1.82) is 0 Å². The van der Waals surface area contributed by atoms with E-state index >= 15 is 0 Å². The van der Waals surface area contributed by atoms with Crippen LogP contribution in [0.2, 0.25) is 0 Å². The number of aliphatic imine (C=N–C) groups is 1. The van der Waals surface area contributed by atoms with Crippen LogP contribution in [0.3, 0.4) is 0 Å². The van der Waals surface area contributed by atoms with E-state index in [-0.39, 0.29) is 24.0 Å². The number of sulfonamides is 1. The van der Waals surface area contributed by atoms with Crippen molar-refractivity contribution in [1.82, 2.24) is 20.3 Å². The van der Waals surface area contributed by atoms with E-state index in [1.165, 1.54) is 32.2 Å². The molecule has 0 aliphatic carbocycles. The fraction of sp³-hybridized carbons (Fsp3) is 0.933. The lowest BCUT2D eigenvalue weighted by Gasteiger charge is -2.30. The van der Waals surface area contributed by atoms with Crippen LogP contribution in [0.5, 0.6) is 0 Å². The van der Waals surface area contributed by atoms with Crippen molar-refractivity contribution in [2.75, 3.05) is 52.6 Å². The average Bonchev–Trinajstić information content (AvgIpc) is 2.49. The summed E-state index contributed by atoms with van der Waals surface area (Å²) in [7, 11) is -1.34. The lowest BCUT2D eigenvalue weighted by atomic mass is 9.99. The maximum Gasteiger partial charge on any atom is 0.208 e. The second-order valence-corrected chi connectivity index (χ2v) is 8.16. The highest BCUT2D eigenvalue weighted by molar-refractivity contribution is 14.0. The normalized spacial score (nSPS) is 17.4. The first-order valence-corrected chi connectivity index (χ1v) is 10.4. The smallest absolute Gasteiger partial charge is 0.208 e. The van der Waals surface area contributed by atoms with Gasteiger partial charge in [0.25, 0.3) is 0 Å². The molecule has 3 N–H and O–H groups in total. The summed E-state index contributed by atoms with van der Waals surface area (Å²) in [4.78, 5) is 6.71. The molecule has 1 saturated heterocycles. The predicted molar refractivity (Wildman–Crippen MR) is 112 cm³/mol. The average molecular weight is 475 g/mol. The number of hydrogen-bond acceptors (Lipinski definition) is 4. The lowest BCUT2D eigenvalue weighted by molar-refractivity contribution is 0.191. The van der Waals surface area contributed by atoms with Crippen molar-refractivity contribution in [3.05, 3.63) is 0 Å². The Labute approximate surface area is 164 Å². The Balaban J connectivity index is 0.00000529. The molecule has 0 aromatic carbocycles. The SMILES string of the molecule is CN=C(NCCCNS(C)(=O)=O)NCCCN1CCC(C)CC1.I. The third kappa shape index (κ3) is 12.3. The van der Waals surface area contributed by atoms with Crippen LogP contribution in [0.1, 0.15) is 32.6 Å². The molecule has 7 nitrogen and oxygen atoms in total. The fourth-order valence-electron chi connectivity index (χ4n) is 2.57. The summed E-state index contributed by atoms with van der Waals surface area (Å²) in [6.07, 6.45) is 5.63. The van der Waals surface area contributed by atoms with E-state index in [0.29, 0.717) is 13.1 Å². The van der Waals surface area contributed by atoms with Crippen molar-refractivity contribution in [3.8, 4) is 0 Å². The topological polar surface area (TPSA) is 85.8 Å². The van der Waals surface area contributed by atoms with E-state index in [2.05, 4.69) is 32.2 Å². The lowest BCUT2D eigenvalue weighted by Crippen LogP contribution is -2.40. The summed E-state index contributed by atoms with van der Waals surface area (Å²) < 4.78 is 24.3. The number of nitrogens with zero attached hydrogens (tertiary/aromatic N) is 2. The summed E-state index contributed by atoms with van der Waals surface area (Å²) in [5.74, 6) is 1.65. The molecule has 24 heavy (non-hydrogen) atoms. The molecule has 0 amide bonds. The van der Waals surface area contributed by atoms with E-state index in [0.717, 1.165) is 37.8 Å². The van der Waals surface area contributed by atoms with Crippen LogP contribution in [-0.2, 0) is 10.0 Å². The summed E-state index contributed by atoms with van der Waals surface area (Å²) in [6, 6.07) is 0. The Morgan fingerprint density at radius 1 is 1.12 bits per heavy atom. The molecule has 9 heteroatoms. The molecule has 144 valence electrons. The highest BCUT2D eigenvalue weighted by Crippen LogP contribution is 2.15. The Morgan fingerprint density at radius 2 is 1.71 bits per heavy atom. The number of guanidine groups is 1. The van der Waals surface area contributed by atoms with Crippen molar-refractivity contribution < 1.29 is 8.42 Å². The maximum absolute atomic E-state index is 10.9. The van der Waals surface area contributed by atoms with Gasteiger partial charge in [0.15, 0.2) is 5.96 Å². The monoisotopic (exact) mass is 475 g/mol. The van der Waals surface area contributed by atoms with Crippen LogP contribution in [0, 0.1) is 5.92 Å². The van der Waals surface area contributed by atoms with Gasteiger partial charge in [0.2, 0.25) is 10.0 Å². The van der Waals surface area contributed by atoms with Crippen molar-refractivity contribution in [3.63, 3.8) is 0 Å². The van der Waals surface area contributed by atoms with Gasteiger partial charge < -0.3 is 15.5 Å². The van der Waals surface area contributed by atoms with Gasteiger partial charge in [0.05, 0.1) is 6.26 Å².